The Morgan fingerprint density at radius 2 is 1.82 bits per heavy atom. The first-order chi connectivity index (χ1) is 18.2. The average molecular weight is 540 g/mol. The van der Waals surface area contributed by atoms with E-state index in [1.165, 1.54) is 5.56 Å². The lowest BCUT2D eigenvalue weighted by Gasteiger charge is -2.41. The van der Waals surface area contributed by atoms with Crippen LogP contribution in [-0.4, -0.2) is 76.4 Å². The molecule has 1 unspecified atom stereocenters. The molecule has 2 aliphatic heterocycles. The van der Waals surface area contributed by atoms with Gasteiger partial charge in [0.1, 0.15) is 5.15 Å². The highest BCUT2D eigenvalue weighted by Crippen LogP contribution is 2.35. The third-order valence-corrected chi connectivity index (χ3v) is 8.14. The van der Waals surface area contributed by atoms with Crippen LogP contribution in [0.1, 0.15) is 73.3 Å². The number of aryl methyl sites for hydroxylation is 2. The van der Waals surface area contributed by atoms with E-state index in [-0.39, 0.29) is 24.0 Å². The molecule has 2 fully saturated rings. The topological polar surface area (TPSA) is 68.8 Å². The molecule has 0 aliphatic carbocycles. The van der Waals surface area contributed by atoms with Gasteiger partial charge in [0, 0.05) is 44.8 Å². The molecule has 0 saturated carbocycles. The molecule has 3 amide bonds. The summed E-state index contributed by atoms with van der Waals surface area (Å²) in [4.78, 5) is 37.2. The van der Waals surface area contributed by atoms with Crippen molar-refractivity contribution in [1.29, 1.82) is 0 Å². The number of pyridine rings is 1. The molecule has 38 heavy (non-hydrogen) atoms. The Hall–Kier alpha value is -2.64. The van der Waals surface area contributed by atoms with Crippen molar-refractivity contribution in [3.8, 4) is 0 Å². The molecule has 1 aromatic carbocycles. The number of amides is 3. The standard InChI is InChI=1S/C30H42ClN5O2/c1-20(2)18-35-19-26(24-9-7-6-8-10-24)36(30(35)38)25-12-15-34(16-13-25)22(4)11-14-32-29(37)28-21(3)17-27(31)33-23(28)5/h6-10,17,20,22,25-26H,11-16,18-19H2,1-5H3,(H,32,37)/t22?,26-/m0/s1. The molecule has 8 heteroatoms. The summed E-state index contributed by atoms with van der Waals surface area (Å²) in [5.74, 6) is 0.350. The van der Waals surface area contributed by atoms with Crippen LogP contribution in [0.25, 0.3) is 0 Å². The van der Waals surface area contributed by atoms with E-state index in [2.05, 4.69) is 65.1 Å². The summed E-state index contributed by atoms with van der Waals surface area (Å²) in [5.41, 5.74) is 3.32. The fourth-order valence-corrected chi connectivity index (χ4v) is 6.31. The number of piperidine rings is 1. The number of benzene rings is 1. The SMILES string of the molecule is Cc1cc(Cl)nc(C)c1C(=O)NCCC(C)N1CCC(N2C(=O)N(CC(C)C)C[C@H]2c2ccccc2)CC1. The molecule has 0 spiro atoms. The number of carbonyl (C=O) groups excluding carboxylic acids is 2. The monoisotopic (exact) mass is 539 g/mol. The van der Waals surface area contributed by atoms with E-state index in [1.54, 1.807) is 6.07 Å². The summed E-state index contributed by atoms with van der Waals surface area (Å²) < 4.78 is 0. The summed E-state index contributed by atoms with van der Waals surface area (Å²) in [6.45, 7) is 14.3. The van der Waals surface area contributed by atoms with Crippen molar-refractivity contribution >= 4 is 23.5 Å². The van der Waals surface area contributed by atoms with Crippen molar-refractivity contribution in [1.82, 2.24) is 25.0 Å². The van der Waals surface area contributed by atoms with Gasteiger partial charge < -0.3 is 20.0 Å². The minimum Gasteiger partial charge on any atom is -0.352 e. The van der Waals surface area contributed by atoms with Gasteiger partial charge in [-0.3, -0.25) is 4.79 Å². The first-order valence-electron chi connectivity index (χ1n) is 13.9. The van der Waals surface area contributed by atoms with Crippen molar-refractivity contribution in [3.05, 3.63) is 63.9 Å². The van der Waals surface area contributed by atoms with E-state index >= 15 is 0 Å². The van der Waals surface area contributed by atoms with Crippen LogP contribution in [-0.2, 0) is 0 Å². The number of halogens is 1. The number of carbonyl (C=O) groups is 2. The molecule has 1 N–H and O–H groups in total. The van der Waals surface area contributed by atoms with Crippen molar-refractivity contribution in [2.45, 2.75) is 72.0 Å². The highest BCUT2D eigenvalue weighted by Gasteiger charge is 2.43. The maximum Gasteiger partial charge on any atom is 0.320 e. The van der Waals surface area contributed by atoms with E-state index in [0.29, 0.717) is 34.9 Å². The summed E-state index contributed by atoms with van der Waals surface area (Å²) in [6, 6.07) is 13.1. The van der Waals surface area contributed by atoms with Gasteiger partial charge >= 0.3 is 6.03 Å². The largest absolute Gasteiger partial charge is 0.352 e. The number of hydrogen-bond acceptors (Lipinski definition) is 4. The molecule has 206 valence electrons. The Labute approximate surface area is 232 Å². The number of rotatable bonds is 9. The molecule has 0 bridgehead atoms. The number of likely N-dealkylation sites (tertiary alicyclic amines) is 1. The number of urea groups is 1. The van der Waals surface area contributed by atoms with E-state index < -0.39 is 0 Å². The average Bonchev–Trinajstić information content (AvgIpc) is 3.19. The summed E-state index contributed by atoms with van der Waals surface area (Å²) in [6.07, 6.45) is 2.80. The Balaban J connectivity index is 1.31. The second-order valence-electron chi connectivity index (χ2n) is 11.3. The summed E-state index contributed by atoms with van der Waals surface area (Å²) in [5, 5.41) is 3.48. The Morgan fingerprint density at radius 1 is 1.13 bits per heavy atom. The van der Waals surface area contributed by atoms with Gasteiger partial charge in [-0.05, 0) is 63.1 Å². The number of nitrogens with zero attached hydrogens (tertiary/aromatic N) is 4. The second kappa shape index (κ2) is 12.5. The van der Waals surface area contributed by atoms with Gasteiger partial charge in [0.05, 0.1) is 17.3 Å². The fraction of sp³-hybridized carbons (Fsp3) is 0.567. The zero-order valence-electron chi connectivity index (χ0n) is 23.4. The van der Waals surface area contributed by atoms with Crippen LogP contribution in [0.15, 0.2) is 36.4 Å². The first-order valence-corrected chi connectivity index (χ1v) is 14.3. The van der Waals surface area contributed by atoms with Gasteiger partial charge in [0.25, 0.3) is 5.91 Å². The van der Waals surface area contributed by atoms with Crippen molar-refractivity contribution in [2.75, 3.05) is 32.7 Å². The van der Waals surface area contributed by atoms with Crippen LogP contribution < -0.4 is 5.32 Å². The van der Waals surface area contributed by atoms with Gasteiger partial charge in [-0.2, -0.15) is 0 Å². The van der Waals surface area contributed by atoms with Crippen molar-refractivity contribution in [3.63, 3.8) is 0 Å². The number of hydrogen-bond donors (Lipinski definition) is 1. The van der Waals surface area contributed by atoms with Gasteiger partial charge in [0.15, 0.2) is 0 Å². The molecule has 4 rings (SSSR count). The smallest absolute Gasteiger partial charge is 0.320 e. The molecule has 2 atom stereocenters. The van der Waals surface area contributed by atoms with Crippen LogP contribution in [0.5, 0.6) is 0 Å². The molecule has 0 radical (unpaired) electrons. The highest BCUT2D eigenvalue weighted by molar-refractivity contribution is 6.29. The normalized spacial score (nSPS) is 19.9. The van der Waals surface area contributed by atoms with Crippen LogP contribution in [0.2, 0.25) is 5.15 Å². The molecule has 2 aromatic rings. The first kappa shape index (κ1) is 28.4. The molecule has 2 saturated heterocycles. The summed E-state index contributed by atoms with van der Waals surface area (Å²) in [7, 11) is 0. The molecular weight excluding hydrogens is 498 g/mol. The molecule has 1 aromatic heterocycles. The predicted octanol–water partition coefficient (Wildman–Crippen LogP) is 5.46. The van der Waals surface area contributed by atoms with Crippen LogP contribution in [0.4, 0.5) is 4.79 Å². The van der Waals surface area contributed by atoms with E-state index in [1.807, 2.05) is 24.8 Å². The maximum atomic E-state index is 13.5. The van der Waals surface area contributed by atoms with Gasteiger partial charge in [-0.25, -0.2) is 9.78 Å². The van der Waals surface area contributed by atoms with Crippen LogP contribution in [0.3, 0.4) is 0 Å². The molecular formula is C30H42ClN5O2. The quantitative estimate of drug-likeness (QED) is 0.430. The Kier molecular flexibility index (Phi) is 9.32. The lowest BCUT2D eigenvalue weighted by molar-refractivity contribution is 0.0885. The fourth-order valence-electron chi connectivity index (χ4n) is 6.01. The summed E-state index contributed by atoms with van der Waals surface area (Å²) >= 11 is 6.01. The minimum atomic E-state index is -0.0967. The van der Waals surface area contributed by atoms with Crippen LogP contribution >= 0.6 is 11.6 Å². The third kappa shape index (κ3) is 6.49. The molecule has 2 aliphatic rings. The number of aromatic nitrogens is 1. The molecule has 3 heterocycles. The van der Waals surface area contributed by atoms with Gasteiger partial charge in [-0.1, -0.05) is 55.8 Å². The van der Waals surface area contributed by atoms with Gasteiger partial charge in [-0.15, -0.1) is 0 Å². The third-order valence-electron chi connectivity index (χ3n) is 7.95. The lowest BCUT2D eigenvalue weighted by atomic mass is 9.98. The van der Waals surface area contributed by atoms with Gasteiger partial charge in [0.2, 0.25) is 0 Å². The zero-order chi connectivity index (χ0) is 27.4. The lowest BCUT2D eigenvalue weighted by Crippen LogP contribution is -2.49. The minimum absolute atomic E-state index is 0.0967. The highest BCUT2D eigenvalue weighted by atomic mass is 35.5. The van der Waals surface area contributed by atoms with E-state index in [0.717, 1.165) is 51.0 Å². The maximum absolute atomic E-state index is 13.5. The van der Waals surface area contributed by atoms with E-state index in [4.69, 9.17) is 11.6 Å². The van der Waals surface area contributed by atoms with Crippen LogP contribution in [0, 0.1) is 19.8 Å². The Morgan fingerprint density at radius 3 is 2.45 bits per heavy atom. The predicted molar refractivity (Wildman–Crippen MR) is 153 cm³/mol. The molecule has 7 nitrogen and oxygen atoms in total. The van der Waals surface area contributed by atoms with Crippen molar-refractivity contribution in [2.24, 2.45) is 5.92 Å². The number of nitrogens with one attached hydrogen (secondary N) is 1. The Bertz CT molecular complexity index is 1090. The second-order valence-corrected chi connectivity index (χ2v) is 11.7. The zero-order valence-corrected chi connectivity index (χ0v) is 24.2. The van der Waals surface area contributed by atoms with E-state index in [9.17, 15) is 9.59 Å². The van der Waals surface area contributed by atoms with Crippen molar-refractivity contribution < 1.29 is 9.59 Å².